The smallest absolute Gasteiger partial charge is 0.266 e. The lowest BCUT2D eigenvalue weighted by Gasteiger charge is -2.12. The maximum atomic E-state index is 12.4. The Balaban J connectivity index is 1.89. The Morgan fingerprint density at radius 2 is 2.04 bits per heavy atom. The van der Waals surface area contributed by atoms with Crippen molar-refractivity contribution in [2.24, 2.45) is 0 Å². The lowest BCUT2D eigenvalue weighted by molar-refractivity contribution is -0.115. The Morgan fingerprint density at radius 1 is 1.29 bits per heavy atom. The molecule has 2 aromatic heterocycles. The van der Waals surface area contributed by atoms with Gasteiger partial charge in [-0.1, -0.05) is 15.9 Å². The number of aromatic amines is 1. The van der Waals surface area contributed by atoms with E-state index in [1.165, 1.54) is 6.07 Å². The van der Waals surface area contributed by atoms with E-state index >= 15 is 0 Å². The van der Waals surface area contributed by atoms with Crippen LogP contribution in [0.1, 0.15) is 17.0 Å². The Bertz CT molecular complexity index is 1010. The molecule has 0 radical (unpaired) electrons. The molecule has 0 aliphatic carbocycles. The molecule has 0 atom stereocenters. The highest BCUT2D eigenvalue weighted by Gasteiger charge is 2.15. The number of halogens is 2. The molecule has 3 rings (SSSR count). The molecule has 24 heavy (non-hydrogen) atoms. The number of nitrogens with one attached hydrogen (secondary N) is 2. The second-order valence-corrected chi connectivity index (χ2v) is 7.19. The Labute approximate surface area is 154 Å². The molecule has 124 valence electrons. The predicted octanol–water partition coefficient (Wildman–Crippen LogP) is 3.35. The zero-order chi connectivity index (χ0) is 17.4. The van der Waals surface area contributed by atoms with Gasteiger partial charge in [0, 0.05) is 32.0 Å². The van der Waals surface area contributed by atoms with Gasteiger partial charge in [-0.05, 0) is 48.0 Å². The van der Waals surface area contributed by atoms with E-state index in [0.29, 0.717) is 11.3 Å². The number of nitrogens with zero attached hydrogens (tertiary/aromatic N) is 2. The molecule has 0 spiro atoms. The van der Waals surface area contributed by atoms with Crippen molar-refractivity contribution < 1.29 is 4.79 Å². The van der Waals surface area contributed by atoms with Gasteiger partial charge in [-0.3, -0.25) is 14.7 Å². The number of benzene rings is 1. The van der Waals surface area contributed by atoms with Gasteiger partial charge >= 0.3 is 0 Å². The topological polar surface area (TPSA) is 79.3 Å². The minimum absolute atomic E-state index is 0.153. The third-order valence-electron chi connectivity index (χ3n) is 3.74. The average Bonchev–Trinajstić information content (AvgIpc) is 2.87. The molecule has 2 N–H and O–H groups in total. The van der Waals surface area contributed by atoms with Crippen molar-refractivity contribution in [2.45, 2.75) is 20.3 Å². The van der Waals surface area contributed by atoms with Crippen LogP contribution < -0.4 is 10.9 Å². The SMILES string of the molecule is Cc1nc2cc(=O)[nH]n2c(C)c1CC(=O)Nc1ccc(Br)cc1Br. The van der Waals surface area contributed by atoms with E-state index in [-0.39, 0.29) is 17.9 Å². The fraction of sp³-hybridized carbons (Fsp3) is 0.188. The van der Waals surface area contributed by atoms with Crippen LogP contribution in [0.25, 0.3) is 5.65 Å². The third kappa shape index (κ3) is 3.29. The molecule has 1 aromatic carbocycles. The first-order valence-electron chi connectivity index (χ1n) is 7.18. The van der Waals surface area contributed by atoms with Crippen molar-refractivity contribution in [1.82, 2.24) is 14.6 Å². The van der Waals surface area contributed by atoms with Gasteiger partial charge in [0.15, 0.2) is 5.65 Å². The summed E-state index contributed by atoms with van der Waals surface area (Å²) in [7, 11) is 0. The number of aryl methyl sites for hydroxylation is 2. The van der Waals surface area contributed by atoms with Gasteiger partial charge in [0.1, 0.15) is 0 Å². The summed E-state index contributed by atoms with van der Waals surface area (Å²) in [6.45, 7) is 3.69. The van der Waals surface area contributed by atoms with Gasteiger partial charge < -0.3 is 5.32 Å². The first-order valence-corrected chi connectivity index (χ1v) is 8.76. The number of carbonyl (C=O) groups excluding carboxylic acids is 1. The van der Waals surface area contributed by atoms with Crippen LogP contribution in [-0.2, 0) is 11.2 Å². The maximum absolute atomic E-state index is 12.4. The monoisotopic (exact) mass is 452 g/mol. The van der Waals surface area contributed by atoms with Crippen LogP contribution in [0.5, 0.6) is 0 Å². The summed E-state index contributed by atoms with van der Waals surface area (Å²) in [6.07, 6.45) is 0.170. The zero-order valence-corrected chi connectivity index (χ0v) is 16.2. The Hall–Kier alpha value is -1.93. The van der Waals surface area contributed by atoms with Crippen molar-refractivity contribution >= 4 is 49.1 Å². The van der Waals surface area contributed by atoms with Crippen molar-refractivity contribution in [3.63, 3.8) is 0 Å². The molecule has 0 fully saturated rings. The van der Waals surface area contributed by atoms with Gasteiger partial charge in [0.25, 0.3) is 5.56 Å². The molecule has 0 saturated heterocycles. The summed E-state index contributed by atoms with van der Waals surface area (Å²) in [5, 5.41) is 5.56. The van der Waals surface area contributed by atoms with E-state index in [1.807, 2.05) is 32.0 Å². The molecule has 1 amide bonds. The number of rotatable bonds is 3. The minimum Gasteiger partial charge on any atom is -0.325 e. The van der Waals surface area contributed by atoms with E-state index in [1.54, 1.807) is 4.52 Å². The van der Waals surface area contributed by atoms with Gasteiger partial charge in [0.2, 0.25) is 5.91 Å². The van der Waals surface area contributed by atoms with Crippen LogP contribution >= 0.6 is 31.9 Å². The minimum atomic E-state index is -0.217. The fourth-order valence-electron chi connectivity index (χ4n) is 2.56. The number of fused-ring (bicyclic) bond motifs is 1. The lowest BCUT2D eigenvalue weighted by atomic mass is 10.1. The number of carbonyl (C=O) groups is 1. The summed E-state index contributed by atoms with van der Waals surface area (Å²) in [5.74, 6) is -0.153. The molecule has 0 saturated carbocycles. The van der Waals surface area contributed by atoms with Gasteiger partial charge in [-0.15, -0.1) is 0 Å². The number of amides is 1. The number of hydrogen-bond acceptors (Lipinski definition) is 3. The maximum Gasteiger partial charge on any atom is 0.266 e. The molecular weight excluding hydrogens is 440 g/mol. The molecule has 2 heterocycles. The van der Waals surface area contributed by atoms with Crippen LogP contribution in [0.4, 0.5) is 5.69 Å². The van der Waals surface area contributed by atoms with Crippen LogP contribution in [-0.4, -0.2) is 20.5 Å². The average molecular weight is 454 g/mol. The molecular formula is C16H14Br2N4O2. The van der Waals surface area contributed by atoms with Crippen LogP contribution in [0.15, 0.2) is 38.0 Å². The van der Waals surface area contributed by atoms with E-state index in [4.69, 9.17) is 0 Å². The second kappa shape index (κ2) is 6.52. The van der Waals surface area contributed by atoms with Crippen molar-refractivity contribution in [3.05, 3.63) is 60.5 Å². The molecule has 0 aliphatic rings. The van der Waals surface area contributed by atoms with E-state index < -0.39 is 0 Å². The molecule has 0 unspecified atom stereocenters. The van der Waals surface area contributed by atoms with Crippen LogP contribution in [0.2, 0.25) is 0 Å². The van der Waals surface area contributed by atoms with Crippen LogP contribution in [0, 0.1) is 13.8 Å². The normalized spacial score (nSPS) is 11.0. The van der Waals surface area contributed by atoms with Gasteiger partial charge in [-0.2, -0.15) is 0 Å². The van der Waals surface area contributed by atoms with Crippen molar-refractivity contribution in [2.75, 3.05) is 5.32 Å². The molecule has 0 aliphatic heterocycles. The summed E-state index contributed by atoms with van der Waals surface area (Å²) in [6, 6.07) is 6.97. The summed E-state index contributed by atoms with van der Waals surface area (Å²) in [5.41, 5.74) is 3.35. The molecule has 8 heteroatoms. The molecule has 3 aromatic rings. The van der Waals surface area contributed by atoms with E-state index in [2.05, 4.69) is 47.3 Å². The second-order valence-electron chi connectivity index (χ2n) is 5.42. The van der Waals surface area contributed by atoms with Crippen molar-refractivity contribution in [1.29, 1.82) is 0 Å². The molecule has 0 bridgehead atoms. The van der Waals surface area contributed by atoms with Gasteiger partial charge in [-0.25, -0.2) is 9.50 Å². The highest BCUT2D eigenvalue weighted by atomic mass is 79.9. The van der Waals surface area contributed by atoms with E-state index in [0.717, 1.165) is 25.9 Å². The number of H-pyrrole nitrogens is 1. The first-order chi connectivity index (χ1) is 11.3. The Kier molecular flexibility index (Phi) is 4.60. The highest BCUT2D eigenvalue weighted by molar-refractivity contribution is 9.11. The first kappa shape index (κ1) is 16.9. The zero-order valence-electron chi connectivity index (χ0n) is 13.0. The largest absolute Gasteiger partial charge is 0.325 e. The fourth-order valence-corrected chi connectivity index (χ4v) is 3.70. The number of hydrogen-bond donors (Lipinski definition) is 2. The highest BCUT2D eigenvalue weighted by Crippen LogP contribution is 2.26. The summed E-state index contributed by atoms with van der Waals surface area (Å²) < 4.78 is 3.32. The summed E-state index contributed by atoms with van der Waals surface area (Å²) in [4.78, 5) is 28.3. The standard InChI is InChI=1S/C16H14Br2N4O2/c1-8-11(9(2)22-14(19-8)7-16(24)21-22)6-15(23)20-13-4-3-10(17)5-12(13)18/h3-5,7H,6H2,1-2H3,(H,20,23)(H,21,24). The predicted molar refractivity (Wildman–Crippen MR) is 99.5 cm³/mol. The van der Waals surface area contributed by atoms with Crippen LogP contribution in [0.3, 0.4) is 0 Å². The third-order valence-corrected chi connectivity index (χ3v) is 4.89. The van der Waals surface area contributed by atoms with Crippen molar-refractivity contribution in [3.8, 4) is 0 Å². The van der Waals surface area contributed by atoms with E-state index in [9.17, 15) is 9.59 Å². The molecule has 6 nitrogen and oxygen atoms in total. The number of anilines is 1. The quantitative estimate of drug-likeness (QED) is 0.638. The lowest BCUT2D eigenvalue weighted by Crippen LogP contribution is -2.18. The Morgan fingerprint density at radius 3 is 2.75 bits per heavy atom. The van der Waals surface area contributed by atoms with Gasteiger partial charge in [0.05, 0.1) is 12.1 Å². The number of aromatic nitrogens is 3. The summed E-state index contributed by atoms with van der Waals surface area (Å²) >= 11 is 6.80.